The Kier molecular flexibility index (Phi) is 7.04. The van der Waals surface area contributed by atoms with Crippen molar-refractivity contribution in [3.63, 3.8) is 0 Å². The fraction of sp³-hybridized carbons (Fsp3) is 0.238. The number of carbonyl (C=O) groups is 1. The van der Waals surface area contributed by atoms with Crippen molar-refractivity contribution in [2.75, 3.05) is 13.2 Å². The standard InChI is InChI=1S/C21H21NO3S2/c1-15-20(11-12-23)27-21(22-15)19(24)13-25-17-7-9-18(10-8-17)26-14-16-5-3-2-4-6-16/h2-10,23H,11-14H2,1H3. The molecule has 0 aliphatic heterocycles. The molecule has 0 fully saturated rings. The van der Waals surface area contributed by atoms with Gasteiger partial charge in [-0.25, -0.2) is 4.98 Å². The zero-order valence-corrected chi connectivity index (χ0v) is 16.7. The zero-order chi connectivity index (χ0) is 19.1. The molecule has 0 radical (unpaired) electrons. The maximum absolute atomic E-state index is 12.3. The van der Waals surface area contributed by atoms with Gasteiger partial charge in [-0.3, -0.25) is 4.79 Å². The van der Waals surface area contributed by atoms with Crippen LogP contribution in [0.25, 0.3) is 0 Å². The van der Waals surface area contributed by atoms with E-state index in [2.05, 4.69) is 17.1 Å². The van der Waals surface area contributed by atoms with E-state index in [-0.39, 0.29) is 19.0 Å². The van der Waals surface area contributed by atoms with Crippen molar-refractivity contribution in [1.29, 1.82) is 0 Å². The van der Waals surface area contributed by atoms with Crippen molar-refractivity contribution in [2.24, 2.45) is 0 Å². The molecule has 3 aromatic rings. The zero-order valence-electron chi connectivity index (χ0n) is 15.1. The average Bonchev–Trinajstić information content (AvgIpc) is 3.07. The van der Waals surface area contributed by atoms with Crippen LogP contribution in [0.1, 0.15) is 25.9 Å². The number of nitrogens with zero attached hydrogens (tertiary/aromatic N) is 1. The minimum Gasteiger partial charge on any atom is -0.485 e. The van der Waals surface area contributed by atoms with Crippen LogP contribution in [-0.4, -0.2) is 29.1 Å². The van der Waals surface area contributed by atoms with Crippen LogP contribution in [0.15, 0.2) is 59.5 Å². The third-order valence-electron chi connectivity index (χ3n) is 3.91. The summed E-state index contributed by atoms with van der Waals surface area (Å²) in [6.07, 6.45) is 0.528. The predicted octanol–water partition coefficient (Wildman–Crippen LogP) is 4.54. The molecule has 0 spiro atoms. The van der Waals surface area contributed by atoms with Crippen molar-refractivity contribution in [3.05, 3.63) is 75.7 Å². The number of hydrogen-bond acceptors (Lipinski definition) is 6. The van der Waals surface area contributed by atoms with Crippen LogP contribution in [0.2, 0.25) is 0 Å². The first-order chi connectivity index (χ1) is 13.2. The van der Waals surface area contributed by atoms with E-state index in [1.807, 2.05) is 49.4 Å². The van der Waals surface area contributed by atoms with Gasteiger partial charge in [0.05, 0.1) is 5.69 Å². The molecule has 0 unspecified atom stereocenters. The summed E-state index contributed by atoms with van der Waals surface area (Å²) < 4.78 is 5.61. The highest BCUT2D eigenvalue weighted by Crippen LogP contribution is 2.25. The number of hydrogen-bond donors (Lipinski definition) is 1. The Morgan fingerprint density at radius 2 is 1.89 bits per heavy atom. The molecule has 2 aromatic carbocycles. The molecule has 0 aliphatic carbocycles. The third-order valence-corrected chi connectivity index (χ3v) is 6.25. The van der Waals surface area contributed by atoms with Gasteiger partial charge in [-0.2, -0.15) is 0 Å². The Balaban J connectivity index is 1.51. The number of rotatable bonds is 9. The number of aliphatic hydroxyl groups excluding tert-OH is 1. The van der Waals surface area contributed by atoms with E-state index in [4.69, 9.17) is 9.84 Å². The lowest BCUT2D eigenvalue weighted by atomic mass is 10.2. The second-order valence-corrected chi connectivity index (χ2v) is 8.09. The molecule has 1 aromatic heterocycles. The first kappa shape index (κ1) is 19.6. The minimum absolute atomic E-state index is 0.0397. The Hall–Kier alpha value is -2.15. The van der Waals surface area contributed by atoms with E-state index < -0.39 is 0 Å². The lowest BCUT2D eigenvalue weighted by Gasteiger charge is -2.06. The molecule has 140 valence electrons. The quantitative estimate of drug-likeness (QED) is 0.423. The minimum atomic E-state index is -0.144. The van der Waals surface area contributed by atoms with Crippen LogP contribution in [0.3, 0.4) is 0 Å². The highest BCUT2D eigenvalue weighted by molar-refractivity contribution is 7.98. The van der Waals surface area contributed by atoms with E-state index in [9.17, 15) is 4.79 Å². The van der Waals surface area contributed by atoms with Gasteiger partial charge in [0.25, 0.3) is 0 Å². The normalized spacial score (nSPS) is 10.7. The Morgan fingerprint density at radius 1 is 1.15 bits per heavy atom. The Labute approximate surface area is 167 Å². The second-order valence-electron chi connectivity index (χ2n) is 5.96. The van der Waals surface area contributed by atoms with Crippen molar-refractivity contribution in [1.82, 2.24) is 4.98 Å². The topological polar surface area (TPSA) is 59.4 Å². The van der Waals surface area contributed by atoms with Crippen LogP contribution in [-0.2, 0) is 12.2 Å². The fourth-order valence-corrected chi connectivity index (χ4v) is 4.29. The molecule has 0 bridgehead atoms. The van der Waals surface area contributed by atoms with E-state index in [1.165, 1.54) is 16.9 Å². The number of ether oxygens (including phenoxy) is 1. The van der Waals surface area contributed by atoms with Crippen LogP contribution in [0.4, 0.5) is 0 Å². The average molecular weight is 400 g/mol. The van der Waals surface area contributed by atoms with Crippen LogP contribution >= 0.6 is 23.1 Å². The number of carbonyl (C=O) groups excluding carboxylic acids is 1. The summed E-state index contributed by atoms with van der Waals surface area (Å²) in [5.41, 5.74) is 2.09. The van der Waals surface area contributed by atoms with E-state index in [0.717, 1.165) is 21.2 Å². The van der Waals surface area contributed by atoms with Gasteiger partial charge in [0, 0.05) is 28.6 Å². The Morgan fingerprint density at radius 3 is 2.59 bits per heavy atom. The summed E-state index contributed by atoms with van der Waals surface area (Å²) in [4.78, 5) is 18.7. The van der Waals surface area contributed by atoms with Gasteiger partial charge in [-0.1, -0.05) is 30.3 Å². The molecule has 3 rings (SSSR count). The van der Waals surface area contributed by atoms with Gasteiger partial charge in [0.15, 0.2) is 11.6 Å². The molecule has 0 saturated heterocycles. The van der Waals surface area contributed by atoms with Gasteiger partial charge < -0.3 is 9.84 Å². The SMILES string of the molecule is Cc1nc(C(=O)COc2ccc(SCc3ccccc3)cc2)sc1CCO. The van der Waals surface area contributed by atoms with Crippen LogP contribution < -0.4 is 4.74 Å². The van der Waals surface area contributed by atoms with Crippen LogP contribution in [0.5, 0.6) is 5.75 Å². The lowest BCUT2D eigenvalue weighted by Crippen LogP contribution is -2.11. The molecule has 0 amide bonds. The maximum Gasteiger partial charge on any atom is 0.228 e. The van der Waals surface area contributed by atoms with Gasteiger partial charge in [0.2, 0.25) is 5.78 Å². The predicted molar refractivity (Wildman–Crippen MR) is 110 cm³/mol. The number of aliphatic hydroxyl groups is 1. The monoisotopic (exact) mass is 399 g/mol. The first-order valence-corrected chi connectivity index (χ1v) is 10.5. The summed E-state index contributed by atoms with van der Waals surface area (Å²) >= 11 is 3.09. The maximum atomic E-state index is 12.3. The number of thiazole rings is 1. The Bertz CT molecular complexity index is 876. The first-order valence-electron chi connectivity index (χ1n) is 8.65. The smallest absolute Gasteiger partial charge is 0.228 e. The number of aryl methyl sites for hydroxylation is 1. The molecule has 1 N–H and O–H groups in total. The number of Topliss-reactive ketones (excluding diaryl/α,β-unsaturated/α-hetero) is 1. The molecular weight excluding hydrogens is 378 g/mol. The van der Waals surface area contributed by atoms with Crippen molar-refractivity contribution in [3.8, 4) is 5.75 Å². The van der Waals surface area contributed by atoms with Crippen molar-refractivity contribution in [2.45, 2.75) is 24.0 Å². The van der Waals surface area contributed by atoms with E-state index in [0.29, 0.717) is 17.2 Å². The molecule has 4 nitrogen and oxygen atoms in total. The lowest BCUT2D eigenvalue weighted by molar-refractivity contribution is 0.0921. The molecule has 27 heavy (non-hydrogen) atoms. The van der Waals surface area contributed by atoms with Crippen molar-refractivity contribution < 1.29 is 14.6 Å². The summed E-state index contributed by atoms with van der Waals surface area (Å²) in [6.45, 7) is 1.87. The molecule has 1 heterocycles. The van der Waals surface area contributed by atoms with Gasteiger partial charge >= 0.3 is 0 Å². The van der Waals surface area contributed by atoms with E-state index >= 15 is 0 Å². The third kappa shape index (κ3) is 5.66. The summed E-state index contributed by atoms with van der Waals surface area (Å²) in [5.74, 6) is 1.44. The van der Waals surface area contributed by atoms with Crippen molar-refractivity contribution >= 4 is 28.9 Å². The van der Waals surface area contributed by atoms with Gasteiger partial charge in [0.1, 0.15) is 5.75 Å². The molecule has 0 saturated carbocycles. The van der Waals surface area contributed by atoms with Gasteiger partial charge in [-0.15, -0.1) is 23.1 Å². The van der Waals surface area contributed by atoms with Gasteiger partial charge in [-0.05, 0) is 36.8 Å². The highest BCUT2D eigenvalue weighted by atomic mass is 32.2. The summed E-state index contributed by atoms with van der Waals surface area (Å²) in [6, 6.07) is 18.1. The summed E-state index contributed by atoms with van der Waals surface area (Å²) in [7, 11) is 0. The fourth-order valence-electron chi connectivity index (χ4n) is 2.46. The number of benzene rings is 2. The molecule has 0 atom stereocenters. The highest BCUT2D eigenvalue weighted by Gasteiger charge is 2.15. The largest absolute Gasteiger partial charge is 0.485 e. The van der Waals surface area contributed by atoms with E-state index in [1.54, 1.807) is 11.8 Å². The number of aromatic nitrogens is 1. The summed E-state index contributed by atoms with van der Waals surface area (Å²) in [5, 5.41) is 9.47. The molecule has 6 heteroatoms. The number of ketones is 1. The van der Waals surface area contributed by atoms with Crippen LogP contribution in [0, 0.1) is 6.92 Å². The second kappa shape index (κ2) is 9.69. The molecular formula is C21H21NO3S2. The molecule has 0 aliphatic rings. The number of thioether (sulfide) groups is 1.